The number of carbonyl (C=O) groups excluding carboxylic acids is 1. The first-order valence-electron chi connectivity index (χ1n) is 11.0. The zero-order valence-electron chi connectivity index (χ0n) is 18.0. The quantitative estimate of drug-likeness (QED) is 0.494. The van der Waals surface area contributed by atoms with Crippen molar-refractivity contribution in [2.45, 2.75) is 25.4 Å². The Labute approximate surface area is 196 Å². The van der Waals surface area contributed by atoms with E-state index in [9.17, 15) is 4.79 Å². The molecule has 1 N–H and O–H groups in total. The maximum Gasteiger partial charge on any atom is 0.246 e. The van der Waals surface area contributed by atoms with Crippen molar-refractivity contribution in [1.29, 1.82) is 0 Å². The van der Waals surface area contributed by atoms with Gasteiger partial charge in [0.05, 0.1) is 30.6 Å². The van der Waals surface area contributed by atoms with Crippen LogP contribution in [0.5, 0.6) is 11.6 Å². The van der Waals surface area contributed by atoms with Crippen molar-refractivity contribution < 1.29 is 14.3 Å². The summed E-state index contributed by atoms with van der Waals surface area (Å²) in [7, 11) is 0. The fourth-order valence-electron chi connectivity index (χ4n) is 3.77. The lowest BCUT2D eigenvalue weighted by Crippen LogP contribution is -2.29. The Morgan fingerprint density at radius 2 is 2.12 bits per heavy atom. The number of carbonyl (C=O) groups is 1. The number of aromatic nitrogens is 3. The van der Waals surface area contributed by atoms with Crippen molar-refractivity contribution in [2.75, 3.05) is 25.0 Å². The molecule has 0 unspecified atom stereocenters. The van der Waals surface area contributed by atoms with E-state index in [-0.39, 0.29) is 12.0 Å². The molecule has 3 aromatic rings. The number of ether oxygens (including phenoxy) is 2. The summed E-state index contributed by atoms with van der Waals surface area (Å²) in [5.74, 6) is 2.30. The Morgan fingerprint density at radius 3 is 2.91 bits per heavy atom. The molecule has 0 radical (unpaired) electrons. The molecule has 1 aliphatic carbocycles. The van der Waals surface area contributed by atoms with Gasteiger partial charge in [-0.05, 0) is 49.1 Å². The topological polar surface area (TPSA) is 89.5 Å². The van der Waals surface area contributed by atoms with Crippen LogP contribution in [-0.2, 0) is 4.79 Å². The van der Waals surface area contributed by atoms with Gasteiger partial charge in [0, 0.05) is 18.4 Å². The Bertz CT molecular complexity index is 1200. The summed E-state index contributed by atoms with van der Waals surface area (Å²) in [5.41, 5.74) is 1.47. The second-order valence-corrected chi connectivity index (χ2v) is 8.72. The van der Waals surface area contributed by atoms with Crippen LogP contribution in [0.15, 0.2) is 49.4 Å². The molecule has 3 heterocycles. The standard InChI is InChI=1S/C24H24ClN5O3/c1-2-22(31)30-8-7-18(12-30)33-17-5-6-21-19(10-17)23(28-14-27-21)29-16-9-20(25)24(26-11-16)32-13-15-3-4-15/h2,5-6,9-11,14-15,18H,1,3-4,7-8,12-13H2,(H,27,28,29)/t18-/m0/s1. The smallest absolute Gasteiger partial charge is 0.246 e. The maximum atomic E-state index is 11.8. The number of pyridine rings is 1. The van der Waals surface area contributed by atoms with E-state index < -0.39 is 0 Å². The number of hydrogen-bond acceptors (Lipinski definition) is 7. The van der Waals surface area contributed by atoms with E-state index in [0.29, 0.717) is 53.8 Å². The average molecular weight is 466 g/mol. The fraction of sp³-hybridized carbons (Fsp3) is 0.333. The highest BCUT2D eigenvalue weighted by molar-refractivity contribution is 6.32. The third-order valence-electron chi connectivity index (χ3n) is 5.76. The lowest BCUT2D eigenvalue weighted by atomic mass is 10.2. The molecule has 1 saturated heterocycles. The Morgan fingerprint density at radius 1 is 1.24 bits per heavy atom. The third kappa shape index (κ3) is 5.01. The van der Waals surface area contributed by atoms with Crippen LogP contribution in [0.1, 0.15) is 19.3 Å². The highest BCUT2D eigenvalue weighted by Crippen LogP contribution is 2.33. The number of hydrogen-bond donors (Lipinski definition) is 1. The van der Waals surface area contributed by atoms with Gasteiger partial charge in [0.1, 0.15) is 29.0 Å². The van der Waals surface area contributed by atoms with Gasteiger partial charge in [0.25, 0.3) is 0 Å². The summed E-state index contributed by atoms with van der Waals surface area (Å²) in [5, 5.41) is 4.52. The molecule has 9 heteroatoms. The van der Waals surface area contributed by atoms with E-state index in [1.807, 2.05) is 18.2 Å². The van der Waals surface area contributed by atoms with Crippen LogP contribution in [0.4, 0.5) is 11.5 Å². The molecule has 2 fully saturated rings. The molecular formula is C24H24ClN5O3. The molecular weight excluding hydrogens is 442 g/mol. The zero-order valence-corrected chi connectivity index (χ0v) is 18.8. The number of benzene rings is 1. The predicted molar refractivity (Wildman–Crippen MR) is 126 cm³/mol. The molecule has 2 aliphatic rings. The van der Waals surface area contributed by atoms with E-state index in [1.165, 1.54) is 25.2 Å². The van der Waals surface area contributed by atoms with Crippen molar-refractivity contribution >= 4 is 39.9 Å². The number of amides is 1. The second-order valence-electron chi connectivity index (χ2n) is 8.31. The predicted octanol–water partition coefficient (Wildman–Crippen LogP) is 4.38. The minimum atomic E-state index is -0.0734. The largest absolute Gasteiger partial charge is 0.488 e. The van der Waals surface area contributed by atoms with Crippen LogP contribution in [0.2, 0.25) is 5.02 Å². The van der Waals surface area contributed by atoms with E-state index in [2.05, 4.69) is 26.8 Å². The lowest BCUT2D eigenvalue weighted by Gasteiger charge is -2.16. The fourth-order valence-corrected chi connectivity index (χ4v) is 3.99. The van der Waals surface area contributed by atoms with Gasteiger partial charge >= 0.3 is 0 Å². The molecule has 0 bridgehead atoms. The number of nitrogens with zero attached hydrogens (tertiary/aromatic N) is 4. The van der Waals surface area contributed by atoms with Crippen LogP contribution in [0.3, 0.4) is 0 Å². The van der Waals surface area contributed by atoms with Gasteiger partial charge in [-0.15, -0.1) is 0 Å². The van der Waals surface area contributed by atoms with Crippen molar-refractivity contribution in [1.82, 2.24) is 19.9 Å². The molecule has 2 aromatic heterocycles. The first-order valence-corrected chi connectivity index (χ1v) is 11.3. The molecule has 1 aromatic carbocycles. The molecule has 5 rings (SSSR count). The van der Waals surface area contributed by atoms with Crippen molar-refractivity contribution in [3.8, 4) is 11.6 Å². The Hall–Kier alpha value is -3.39. The van der Waals surface area contributed by atoms with Crippen molar-refractivity contribution in [3.63, 3.8) is 0 Å². The van der Waals surface area contributed by atoms with Gasteiger partial charge in [-0.25, -0.2) is 15.0 Å². The number of rotatable bonds is 8. The first-order chi connectivity index (χ1) is 16.1. The molecule has 33 heavy (non-hydrogen) atoms. The summed E-state index contributed by atoms with van der Waals surface area (Å²) in [6.45, 7) is 5.40. The summed E-state index contributed by atoms with van der Waals surface area (Å²) >= 11 is 6.37. The van der Waals surface area contributed by atoms with Gasteiger partial charge in [-0.1, -0.05) is 18.2 Å². The minimum absolute atomic E-state index is 0.0708. The van der Waals surface area contributed by atoms with Gasteiger partial charge < -0.3 is 19.7 Å². The van der Waals surface area contributed by atoms with Crippen LogP contribution < -0.4 is 14.8 Å². The normalized spacial score (nSPS) is 17.7. The first kappa shape index (κ1) is 21.5. The van der Waals surface area contributed by atoms with Crippen LogP contribution in [-0.4, -0.2) is 51.6 Å². The maximum absolute atomic E-state index is 11.8. The van der Waals surface area contributed by atoms with Gasteiger partial charge in [0.15, 0.2) is 0 Å². The molecule has 1 saturated carbocycles. The summed E-state index contributed by atoms with van der Waals surface area (Å²) in [6.07, 6.45) is 7.62. The van der Waals surface area contributed by atoms with Crippen LogP contribution in [0.25, 0.3) is 10.9 Å². The van der Waals surface area contributed by atoms with E-state index in [4.69, 9.17) is 21.1 Å². The second kappa shape index (κ2) is 9.23. The van der Waals surface area contributed by atoms with E-state index >= 15 is 0 Å². The van der Waals surface area contributed by atoms with E-state index in [0.717, 1.165) is 17.3 Å². The summed E-state index contributed by atoms with van der Waals surface area (Å²) in [4.78, 5) is 26.7. The van der Waals surface area contributed by atoms with Crippen molar-refractivity contribution in [3.05, 3.63) is 54.5 Å². The number of fused-ring (bicyclic) bond motifs is 1. The average Bonchev–Trinajstić information content (AvgIpc) is 3.54. The number of anilines is 2. The van der Waals surface area contributed by atoms with Gasteiger partial charge in [-0.3, -0.25) is 4.79 Å². The van der Waals surface area contributed by atoms with Gasteiger partial charge in [-0.2, -0.15) is 0 Å². The highest BCUT2D eigenvalue weighted by atomic mass is 35.5. The molecule has 1 atom stereocenters. The molecule has 0 spiro atoms. The van der Waals surface area contributed by atoms with Crippen molar-refractivity contribution in [2.24, 2.45) is 5.92 Å². The van der Waals surface area contributed by atoms with E-state index in [1.54, 1.807) is 17.2 Å². The minimum Gasteiger partial charge on any atom is -0.488 e. The summed E-state index contributed by atoms with van der Waals surface area (Å²) in [6, 6.07) is 7.44. The summed E-state index contributed by atoms with van der Waals surface area (Å²) < 4.78 is 11.8. The molecule has 170 valence electrons. The highest BCUT2D eigenvalue weighted by Gasteiger charge is 2.26. The SMILES string of the molecule is C=CC(=O)N1CC[C@H](Oc2ccc3ncnc(Nc4cnc(OCC5CC5)c(Cl)c4)c3c2)C1. The number of likely N-dealkylation sites (tertiary alicyclic amines) is 1. The monoisotopic (exact) mass is 465 g/mol. The van der Waals surface area contributed by atoms with Gasteiger partial charge in [0.2, 0.25) is 11.8 Å². The Kier molecular flexibility index (Phi) is 6.00. The lowest BCUT2D eigenvalue weighted by molar-refractivity contribution is -0.125. The number of halogens is 1. The molecule has 1 amide bonds. The van der Waals surface area contributed by atoms with Crippen LogP contribution >= 0.6 is 11.6 Å². The number of nitrogens with one attached hydrogen (secondary N) is 1. The third-order valence-corrected chi connectivity index (χ3v) is 6.03. The Balaban J connectivity index is 1.31. The van der Waals surface area contributed by atoms with Crippen LogP contribution in [0, 0.1) is 5.92 Å². The molecule has 8 nitrogen and oxygen atoms in total. The molecule has 1 aliphatic heterocycles. The zero-order chi connectivity index (χ0) is 22.8.